The van der Waals surface area contributed by atoms with Crippen molar-refractivity contribution in [3.63, 3.8) is 0 Å². The van der Waals surface area contributed by atoms with Gasteiger partial charge in [0.05, 0.1) is 5.02 Å². The van der Waals surface area contributed by atoms with Crippen LogP contribution < -0.4 is 5.32 Å². The van der Waals surface area contributed by atoms with Crippen molar-refractivity contribution in [3.05, 3.63) is 23.0 Å². The second-order valence-electron chi connectivity index (χ2n) is 4.30. The standard InChI is InChI=1S/C12H15ClN2O5/c1-15-6-7(13)5-9(15)11(18)14-8(12(19)20)3-2-4-10(16)17/h5-6,8H,2-4H2,1H3,(H,14,18)(H,16,17)(H,19,20)/t8-/m1/s1. The topological polar surface area (TPSA) is 109 Å². The highest BCUT2D eigenvalue weighted by Crippen LogP contribution is 2.13. The van der Waals surface area contributed by atoms with Crippen LogP contribution in [0.3, 0.4) is 0 Å². The molecule has 0 aromatic carbocycles. The van der Waals surface area contributed by atoms with Crippen molar-refractivity contribution < 1.29 is 24.6 Å². The molecule has 0 aliphatic carbocycles. The zero-order chi connectivity index (χ0) is 15.3. The van der Waals surface area contributed by atoms with E-state index >= 15 is 0 Å². The Balaban J connectivity index is 2.66. The van der Waals surface area contributed by atoms with Crippen LogP contribution in [0.15, 0.2) is 12.3 Å². The summed E-state index contributed by atoms with van der Waals surface area (Å²) in [5, 5.41) is 20.2. The highest BCUT2D eigenvalue weighted by atomic mass is 35.5. The maximum absolute atomic E-state index is 11.9. The first-order valence-corrected chi connectivity index (χ1v) is 6.26. The molecular weight excluding hydrogens is 288 g/mol. The maximum Gasteiger partial charge on any atom is 0.326 e. The van der Waals surface area contributed by atoms with Crippen LogP contribution in [0, 0.1) is 0 Å². The van der Waals surface area contributed by atoms with Gasteiger partial charge in [-0.15, -0.1) is 0 Å². The molecule has 0 saturated carbocycles. The highest BCUT2D eigenvalue weighted by molar-refractivity contribution is 6.31. The largest absolute Gasteiger partial charge is 0.481 e. The Hall–Kier alpha value is -2.02. The molecule has 1 aromatic rings. The Bertz CT molecular complexity index is 526. The molecular formula is C12H15ClN2O5. The van der Waals surface area contributed by atoms with E-state index in [9.17, 15) is 14.4 Å². The molecule has 1 rings (SSSR count). The number of aromatic nitrogens is 1. The average Bonchev–Trinajstić information content (AvgIpc) is 2.66. The van der Waals surface area contributed by atoms with Gasteiger partial charge in [0.25, 0.3) is 5.91 Å². The number of carbonyl (C=O) groups excluding carboxylic acids is 1. The van der Waals surface area contributed by atoms with Crippen LogP contribution in [0.2, 0.25) is 5.02 Å². The number of halogens is 1. The van der Waals surface area contributed by atoms with E-state index in [0.29, 0.717) is 5.02 Å². The number of aryl methyl sites for hydroxylation is 1. The Morgan fingerprint density at radius 1 is 1.40 bits per heavy atom. The predicted octanol–water partition coefficient (Wildman–Crippen LogP) is 1.12. The van der Waals surface area contributed by atoms with Gasteiger partial charge in [0.2, 0.25) is 0 Å². The van der Waals surface area contributed by atoms with Crippen LogP contribution in [0.25, 0.3) is 0 Å². The summed E-state index contributed by atoms with van der Waals surface area (Å²) in [6, 6.07) is 0.295. The van der Waals surface area contributed by atoms with Gasteiger partial charge in [0.15, 0.2) is 0 Å². The van der Waals surface area contributed by atoms with Gasteiger partial charge in [-0.1, -0.05) is 11.6 Å². The third-order valence-corrected chi connectivity index (χ3v) is 2.90. The number of nitrogens with one attached hydrogen (secondary N) is 1. The van der Waals surface area contributed by atoms with Crippen molar-refractivity contribution >= 4 is 29.4 Å². The molecule has 20 heavy (non-hydrogen) atoms. The smallest absolute Gasteiger partial charge is 0.326 e. The van der Waals surface area contributed by atoms with E-state index in [1.807, 2.05) is 0 Å². The lowest BCUT2D eigenvalue weighted by Gasteiger charge is -2.14. The number of carbonyl (C=O) groups is 3. The number of rotatable bonds is 7. The fraction of sp³-hybridized carbons (Fsp3) is 0.417. The molecule has 0 radical (unpaired) electrons. The van der Waals surface area contributed by atoms with E-state index in [0.717, 1.165) is 0 Å². The van der Waals surface area contributed by atoms with E-state index in [2.05, 4.69) is 5.32 Å². The molecule has 3 N–H and O–H groups in total. The maximum atomic E-state index is 11.9. The van der Waals surface area contributed by atoms with E-state index in [-0.39, 0.29) is 25.0 Å². The van der Waals surface area contributed by atoms with Crippen molar-refractivity contribution in [2.45, 2.75) is 25.3 Å². The van der Waals surface area contributed by atoms with Crippen LogP contribution in [0.4, 0.5) is 0 Å². The minimum Gasteiger partial charge on any atom is -0.481 e. The van der Waals surface area contributed by atoms with Gasteiger partial charge in [0.1, 0.15) is 11.7 Å². The number of hydrogen-bond donors (Lipinski definition) is 3. The molecule has 0 fully saturated rings. The van der Waals surface area contributed by atoms with Gasteiger partial charge in [-0.3, -0.25) is 9.59 Å². The molecule has 1 atom stereocenters. The lowest BCUT2D eigenvalue weighted by Crippen LogP contribution is -2.41. The second-order valence-corrected chi connectivity index (χ2v) is 4.74. The van der Waals surface area contributed by atoms with Crippen molar-refractivity contribution in [1.29, 1.82) is 0 Å². The lowest BCUT2D eigenvalue weighted by molar-refractivity contribution is -0.140. The van der Waals surface area contributed by atoms with Gasteiger partial charge in [0, 0.05) is 19.7 Å². The number of carboxylic acid groups (broad SMARTS) is 2. The van der Waals surface area contributed by atoms with Crippen molar-refractivity contribution in [1.82, 2.24) is 9.88 Å². The minimum atomic E-state index is -1.20. The van der Waals surface area contributed by atoms with Gasteiger partial charge >= 0.3 is 11.9 Å². The van der Waals surface area contributed by atoms with Crippen molar-refractivity contribution in [2.24, 2.45) is 7.05 Å². The first-order chi connectivity index (χ1) is 9.31. The summed E-state index contributed by atoms with van der Waals surface area (Å²) in [5.74, 6) is -2.78. The zero-order valence-electron chi connectivity index (χ0n) is 10.8. The van der Waals surface area contributed by atoms with E-state index in [4.69, 9.17) is 21.8 Å². The van der Waals surface area contributed by atoms with Gasteiger partial charge < -0.3 is 20.1 Å². The molecule has 1 aromatic heterocycles. The van der Waals surface area contributed by atoms with Gasteiger partial charge in [-0.05, 0) is 18.9 Å². The summed E-state index contributed by atoms with van der Waals surface area (Å²) in [4.78, 5) is 33.3. The summed E-state index contributed by atoms with van der Waals surface area (Å²) < 4.78 is 1.48. The molecule has 1 amide bonds. The number of hydrogen-bond acceptors (Lipinski definition) is 3. The molecule has 8 heteroatoms. The quantitative estimate of drug-likeness (QED) is 0.699. The average molecular weight is 303 g/mol. The van der Waals surface area contributed by atoms with Crippen molar-refractivity contribution in [2.75, 3.05) is 0 Å². The molecule has 0 saturated heterocycles. The molecule has 0 aliphatic heterocycles. The molecule has 1 heterocycles. The fourth-order valence-electron chi connectivity index (χ4n) is 1.70. The number of aliphatic carboxylic acids is 2. The molecule has 0 bridgehead atoms. The molecule has 0 aliphatic rings. The minimum absolute atomic E-state index is 0.0472. The van der Waals surface area contributed by atoms with E-state index in [1.54, 1.807) is 7.05 Å². The Kier molecular flexibility index (Phi) is 5.57. The monoisotopic (exact) mass is 302 g/mol. The summed E-state index contributed by atoms with van der Waals surface area (Å²) in [6.07, 6.45) is 1.60. The third kappa shape index (κ3) is 4.58. The third-order valence-electron chi connectivity index (χ3n) is 2.69. The fourth-order valence-corrected chi connectivity index (χ4v) is 1.95. The SMILES string of the molecule is Cn1cc(Cl)cc1C(=O)N[C@H](CCCC(=O)O)C(=O)O. The Labute approximate surface area is 120 Å². The van der Waals surface area contributed by atoms with Crippen LogP contribution in [0.5, 0.6) is 0 Å². The first-order valence-electron chi connectivity index (χ1n) is 5.88. The van der Waals surface area contributed by atoms with E-state index < -0.39 is 23.9 Å². The first kappa shape index (κ1) is 16.0. The molecule has 0 unspecified atom stereocenters. The van der Waals surface area contributed by atoms with Crippen LogP contribution in [-0.4, -0.2) is 38.7 Å². The Morgan fingerprint density at radius 2 is 2.05 bits per heavy atom. The van der Waals surface area contributed by atoms with Crippen LogP contribution >= 0.6 is 11.6 Å². The lowest BCUT2D eigenvalue weighted by atomic mass is 10.1. The van der Waals surface area contributed by atoms with Crippen LogP contribution in [-0.2, 0) is 16.6 Å². The molecule has 0 spiro atoms. The summed E-state index contributed by atoms with van der Waals surface area (Å²) >= 11 is 5.74. The van der Waals surface area contributed by atoms with E-state index in [1.165, 1.54) is 16.8 Å². The summed E-state index contributed by atoms with van der Waals surface area (Å²) in [7, 11) is 1.61. The number of amides is 1. The van der Waals surface area contributed by atoms with Crippen LogP contribution in [0.1, 0.15) is 29.8 Å². The normalized spacial score (nSPS) is 11.9. The number of carboxylic acids is 2. The number of nitrogens with zero attached hydrogens (tertiary/aromatic N) is 1. The van der Waals surface area contributed by atoms with Gasteiger partial charge in [-0.25, -0.2) is 4.79 Å². The zero-order valence-corrected chi connectivity index (χ0v) is 11.6. The Morgan fingerprint density at radius 3 is 2.50 bits per heavy atom. The van der Waals surface area contributed by atoms with Gasteiger partial charge in [-0.2, -0.15) is 0 Å². The summed E-state index contributed by atoms with van der Waals surface area (Å²) in [5.41, 5.74) is 0.236. The molecule has 110 valence electrons. The molecule has 7 nitrogen and oxygen atoms in total. The highest BCUT2D eigenvalue weighted by Gasteiger charge is 2.22. The van der Waals surface area contributed by atoms with Crippen molar-refractivity contribution in [3.8, 4) is 0 Å². The second kappa shape index (κ2) is 6.95. The predicted molar refractivity (Wildman–Crippen MR) is 70.8 cm³/mol. The summed E-state index contributed by atoms with van der Waals surface area (Å²) in [6.45, 7) is 0.